The van der Waals surface area contributed by atoms with E-state index in [9.17, 15) is 14.4 Å². The zero-order valence-corrected chi connectivity index (χ0v) is 14.7. The maximum absolute atomic E-state index is 11.9. The highest BCUT2D eigenvalue weighted by Crippen LogP contribution is 2.34. The molecule has 2 aromatic rings. The highest BCUT2D eigenvalue weighted by atomic mass is 35.5. The lowest BCUT2D eigenvalue weighted by Gasteiger charge is -2.16. The number of rotatable bonds is 4. The van der Waals surface area contributed by atoms with Crippen molar-refractivity contribution in [1.29, 1.82) is 0 Å². The fourth-order valence-corrected chi connectivity index (χ4v) is 2.90. The van der Waals surface area contributed by atoms with E-state index in [1.165, 1.54) is 18.2 Å². The van der Waals surface area contributed by atoms with Gasteiger partial charge in [0.15, 0.2) is 0 Å². The number of urea groups is 1. The van der Waals surface area contributed by atoms with Crippen molar-refractivity contribution in [3.63, 3.8) is 0 Å². The third-order valence-electron chi connectivity index (χ3n) is 3.51. The largest absolute Gasteiger partial charge is 0.487 e. The summed E-state index contributed by atoms with van der Waals surface area (Å²) in [4.78, 5) is 35.0. The standard InChI is InChI=1S/C18H12Cl2N2O4/c19-12-6-11(7-13-16(23)21-18(25)22-17(13)24)15(14(20)8-12)26-9-10-4-2-1-3-5-10/h1-8H,9H2,(H2,21,22,23,24,25). The van der Waals surface area contributed by atoms with Gasteiger partial charge < -0.3 is 4.74 Å². The molecule has 132 valence electrons. The molecule has 1 saturated heterocycles. The molecule has 1 heterocycles. The molecule has 1 fully saturated rings. The Morgan fingerprint density at radius 2 is 1.62 bits per heavy atom. The van der Waals surface area contributed by atoms with Crippen LogP contribution < -0.4 is 15.4 Å². The van der Waals surface area contributed by atoms with Crippen LogP contribution in [0.25, 0.3) is 6.08 Å². The van der Waals surface area contributed by atoms with Crippen molar-refractivity contribution in [2.24, 2.45) is 0 Å². The van der Waals surface area contributed by atoms with Gasteiger partial charge in [0, 0.05) is 10.6 Å². The molecule has 0 atom stereocenters. The number of halogens is 2. The lowest BCUT2D eigenvalue weighted by Crippen LogP contribution is -2.51. The first-order chi connectivity index (χ1) is 12.4. The second kappa shape index (κ2) is 7.59. The Labute approximate surface area is 158 Å². The molecule has 0 saturated carbocycles. The number of barbiturate groups is 1. The van der Waals surface area contributed by atoms with Crippen molar-refractivity contribution in [1.82, 2.24) is 10.6 Å². The molecule has 1 aliphatic heterocycles. The van der Waals surface area contributed by atoms with E-state index in [1.54, 1.807) is 0 Å². The molecular weight excluding hydrogens is 379 g/mol. The molecule has 0 spiro atoms. The predicted molar refractivity (Wildman–Crippen MR) is 96.9 cm³/mol. The number of imide groups is 2. The molecule has 1 aliphatic rings. The maximum atomic E-state index is 11.9. The summed E-state index contributed by atoms with van der Waals surface area (Å²) in [6, 6.07) is 11.5. The molecule has 0 aromatic heterocycles. The average molecular weight is 391 g/mol. The number of carbonyl (C=O) groups is 3. The van der Waals surface area contributed by atoms with E-state index in [2.05, 4.69) is 0 Å². The Bertz CT molecular complexity index is 904. The lowest BCUT2D eigenvalue weighted by atomic mass is 10.1. The van der Waals surface area contributed by atoms with Crippen molar-refractivity contribution >= 4 is 47.1 Å². The molecule has 0 radical (unpaired) electrons. The van der Waals surface area contributed by atoms with Crippen molar-refractivity contribution in [3.8, 4) is 5.75 Å². The Morgan fingerprint density at radius 1 is 0.962 bits per heavy atom. The van der Waals surface area contributed by atoms with Crippen molar-refractivity contribution in [2.45, 2.75) is 6.61 Å². The molecule has 6 nitrogen and oxygen atoms in total. The SMILES string of the molecule is O=C1NC(=O)C(=Cc2cc(Cl)cc(Cl)c2OCc2ccccc2)C(=O)N1. The van der Waals surface area contributed by atoms with Gasteiger partial charge in [0.25, 0.3) is 11.8 Å². The second-order valence-electron chi connectivity index (χ2n) is 5.38. The Balaban J connectivity index is 1.96. The second-order valence-corrected chi connectivity index (χ2v) is 6.22. The van der Waals surface area contributed by atoms with Crippen LogP contribution in [0, 0.1) is 0 Å². The molecule has 4 amide bonds. The first kappa shape index (κ1) is 18.0. The molecule has 2 aromatic carbocycles. The minimum Gasteiger partial charge on any atom is -0.487 e. The molecule has 3 rings (SSSR count). The van der Waals surface area contributed by atoms with Gasteiger partial charge in [-0.3, -0.25) is 20.2 Å². The highest BCUT2D eigenvalue weighted by Gasteiger charge is 2.28. The van der Waals surface area contributed by atoms with Gasteiger partial charge >= 0.3 is 6.03 Å². The molecular formula is C18H12Cl2N2O4. The summed E-state index contributed by atoms with van der Waals surface area (Å²) in [5.41, 5.74) is 0.997. The topological polar surface area (TPSA) is 84.5 Å². The summed E-state index contributed by atoms with van der Waals surface area (Å²) < 4.78 is 5.78. The number of benzene rings is 2. The van der Waals surface area contributed by atoms with Gasteiger partial charge in [-0.1, -0.05) is 53.5 Å². The molecule has 0 bridgehead atoms. The Hall–Kier alpha value is -2.83. The van der Waals surface area contributed by atoms with Gasteiger partial charge in [0.1, 0.15) is 17.9 Å². The summed E-state index contributed by atoms with van der Waals surface area (Å²) in [6.07, 6.45) is 1.27. The Morgan fingerprint density at radius 3 is 2.27 bits per heavy atom. The van der Waals surface area contributed by atoms with Gasteiger partial charge in [0.05, 0.1) is 5.02 Å². The number of amides is 4. The maximum Gasteiger partial charge on any atom is 0.328 e. The third-order valence-corrected chi connectivity index (χ3v) is 4.01. The van der Waals surface area contributed by atoms with Gasteiger partial charge in [-0.2, -0.15) is 0 Å². The van der Waals surface area contributed by atoms with E-state index in [1.807, 2.05) is 41.0 Å². The van der Waals surface area contributed by atoms with Gasteiger partial charge in [-0.05, 0) is 23.8 Å². The number of hydrogen-bond acceptors (Lipinski definition) is 4. The zero-order valence-electron chi connectivity index (χ0n) is 13.2. The smallest absolute Gasteiger partial charge is 0.328 e. The first-order valence-electron chi connectivity index (χ1n) is 7.48. The van der Waals surface area contributed by atoms with Crippen LogP contribution in [0.4, 0.5) is 4.79 Å². The van der Waals surface area contributed by atoms with Crippen LogP contribution in [0.5, 0.6) is 5.75 Å². The monoisotopic (exact) mass is 390 g/mol. The highest BCUT2D eigenvalue weighted by molar-refractivity contribution is 6.36. The fraction of sp³-hybridized carbons (Fsp3) is 0.0556. The van der Waals surface area contributed by atoms with E-state index >= 15 is 0 Å². The minimum absolute atomic E-state index is 0.230. The summed E-state index contributed by atoms with van der Waals surface area (Å²) in [5.74, 6) is -1.36. The van der Waals surface area contributed by atoms with Gasteiger partial charge in [-0.15, -0.1) is 0 Å². The van der Waals surface area contributed by atoms with Crippen LogP contribution in [0.1, 0.15) is 11.1 Å². The van der Waals surface area contributed by atoms with Crippen molar-refractivity contribution < 1.29 is 19.1 Å². The van der Waals surface area contributed by atoms with E-state index < -0.39 is 17.8 Å². The molecule has 0 unspecified atom stereocenters. The van der Waals surface area contributed by atoms with Crippen molar-refractivity contribution in [3.05, 3.63) is 69.2 Å². The van der Waals surface area contributed by atoms with Crippen LogP contribution in [0.15, 0.2) is 48.0 Å². The van der Waals surface area contributed by atoms with Crippen LogP contribution >= 0.6 is 23.2 Å². The summed E-state index contributed by atoms with van der Waals surface area (Å²) in [6.45, 7) is 0.231. The van der Waals surface area contributed by atoms with Gasteiger partial charge in [-0.25, -0.2) is 4.79 Å². The fourth-order valence-electron chi connectivity index (χ4n) is 2.33. The average Bonchev–Trinajstić information content (AvgIpc) is 2.58. The number of carbonyl (C=O) groups excluding carboxylic acids is 3. The summed E-state index contributed by atoms with van der Waals surface area (Å²) in [7, 11) is 0. The van der Waals surface area contributed by atoms with Crippen LogP contribution in [-0.4, -0.2) is 17.8 Å². The number of nitrogens with one attached hydrogen (secondary N) is 2. The van der Waals surface area contributed by atoms with Gasteiger partial charge in [0.2, 0.25) is 0 Å². The molecule has 0 aliphatic carbocycles. The van der Waals surface area contributed by atoms with E-state index in [0.717, 1.165) is 5.56 Å². The quantitative estimate of drug-likeness (QED) is 0.619. The lowest BCUT2D eigenvalue weighted by molar-refractivity contribution is -0.123. The van der Waals surface area contributed by atoms with E-state index in [4.69, 9.17) is 27.9 Å². The first-order valence-corrected chi connectivity index (χ1v) is 8.24. The van der Waals surface area contributed by atoms with Crippen LogP contribution in [0.3, 0.4) is 0 Å². The zero-order chi connectivity index (χ0) is 18.7. The normalized spacial score (nSPS) is 13.9. The minimum atomic E-state index is -0.873. The van der Waals surface area contributed by atoms with Crippen LogP contribution in [0.2, 0.25) is 10.0 Å². The summed E-state index contributed by atoms with van der Waals surface area (Å²) >= 11 is 12.2. The molecule has 8 heteroatoms. The molecule has 26 heavy (non-hydrogen) atoms. The van der Waals surface area contributed by atoms with Crippen LogP contribution in [-0.2, 0) is 16.2 Å². The van der Waals surface area contributed by atoms with Crippen molar-refractivity contribution in [2.75, 3.05) is 0 Å². The molecule has 2 N–H and O–H groups in total. The van der Waals surface area contributed by atoms with E-state index in [0.29, 0.717) is 10.6 Å². The Kier molecular flexibility index (Phi) is 5.25. The third kappa shape index (κ3) is 4.04. The number of hydrogen-bond donors (Lipinski definition) is 2. The summed E-state index contributed by atoms with van der Waals surface area (Å²) in [5, 5.41) is 4.54. The van der Waals surface area contributed by atoms with E-state index in [-0.39, 0.29) is 23.0 Å². The number of ether oxygens (including phenoxy) is 1. The predicted octanol–water partition coefficient (Wildman–Crippen LogP) is 3.32.